The summed E-state index contributed by atoms with van der Waals surface area (Å²) in [6.45, 7) is 3.54. The molecular formula is C19H17FN2O2. The van der Waals surface area contributed by atoms with Crippen molar-refractivity contribution in [2.24, 2.45) is 0 Å². The molecule has 0 aliphatic rings. The van der Waals surface area contributed by atoms with Gasteiger partial charge in [-0.2, -0.15) is 0 Å². The van der Waals surface area contributed by atoms with E-state index in [1.54, 1.807) is 45.2 Å². The molecule has 0 saturated heterocycles. The highest BCUT2D eigenvalue weighted by molar-refractivity contribution is 6.06. The summed E-state index contributed by atoms with van der Waals surface area (Å²) in [4.78, 5) is 16.9. The average Bonchev–Trinajstić information content (AvgIpc) is 2.56. The van der Waals surface area contributed by atoms with Gasteiger partial charge in [0.25, 0.3) is 5.91 Å². The van der Waals surface area contributed by atoms with E-state index in [2.05, 4.69) is 10.3 Å². The zero-order valence-electron chi connectivity index (χ0n) is 13.7. The number of amides is 1. The predicted octanol–water partition coefficient (Wildman–Crippen LogP) is 4.25. The van der Waals surface area contributed by atoms with Crippen molar-refractivity contribution in [3.05, 3.63) is 65.1 Å². The minimum absolute atomic E-state index is 0.153. The largest absolute Gasteiger partial charge is 0.497 e. The maximum Gasteiger partial charge on any atom is 0.257 e. The molecule has 2 aromatic carbocycles. The molecule has 1 heterocycles. The Bertz CT molecular complexity index is 938. The Hall–Kier alpha value is -2.95. The van der Waals surface area contributed by atoms with Gasteiger partial charge in [0.2, 0.25) is 0 Å². The fraction of sp³-hybridized carbons (Fsp3) is 0.158. The third-order valence-electron chi connectivity index (χ3n) is 3.83. The van der Waals surface area contributed by atoms with E-state index in [4.69, 9.17) is 4.74 Å². The lowest BCUT2D eigenvalue weighted by Crippen LogP contribution is -2.15. The summed E-state index contributed by atoms with van der Waals surface area (Å²) in [7, 11) is 1.59. The number of hydrogen-bond donors (Lipinski definition) is 1. The SMILES string of the molecule is COc1ccc2cc(C(=O)Nc3ccc(C)cc3F)c(C)nc2c1. The van der Waals surface area contributed by atoms with E-state index in [0.29, 0.717) is 17.0 Å². The number of benzene rings is 2. The van der Waals surface area contributed by atoms with Crippen molar-refractivity contribution >= 4 is 22.5 Å². The fourth-order valence-electron chi connectivity index (χ4n) is 2.51. The Labute approximate surface area is 139 Å². The number of rotatable bonds is 3. The highest BCUT2D eigenvalue weighted by atomic mass is 19.1. The Morgan fingerprint density at radius 2 is 1.92 bits per heavy atom. The predicted molar refractivity (Wildman–Crippen MR) is 92.1 cm³/mol. The number of nitrogens with one attached hydrogen (secondary N) is 1. The van der Waals surface area contributed by atoms with Crippen LogP contribution in [0, 0.1) is 19.7 Å². The summed E-state index contributed by atoms with van der Waals surface area (Å²) in [5.74, 6) is -0.145. The minimum atomic E-state index is -0.459. The minimum Gasteiger partial charge on any atom is -0.497 e. The standard InChI is InChI=1S/C19H17FN2O2/c1-11-4-7-17(16(20)8-11)22-19(23)15-9-13-5-6-14(24-3)10-18(13)21-12(15)2/h4-10H,1-3H3,(H,22,23). The van der Waals surface area contributed by atoms with Crippen LogP contribution in [0.25, 0.3) is 10.9 Å². The first-order valence-electron chi connectivity index (χ1n) is 7.51. The van der Waals surface area contributed by atoms with Crippen LogP contribution in [-0.2, 0) is 0 Å². The monoisotopic (exact) mass is 324 g/mol. The highest BCUT2D eigenvalue weighted by Crippen LogP contribution is 2.23. The van der Waals surface area contributed by atoms with Gasteiger partial charge in [0, 0.05) is 11.5 Å². The number of hydrogen-bond acceptors (Lipinski definition) is 3. The van der Waals surface area contributed by atoms with Gasteiger partial charge in [-0.15, -0.1) is 0 Å². The molecule has 1 N–H and O–H groups in total. The lowest BCUT2D eigenvalue weighted by atomic mass is 10.1. The summed E-state index contributed by atoms with van der Waals surface area (Å²) in [5, 5.41) is 3.42. The second kappa shape index (κ2) is 6.28. The lowest BCUT2D eigenvalue weighted by molar-refractivity contribution is 0.102. The van der Waals surface area contributed by atoms with E-state index < -0.39 is 5.82 Å². The molecule has 0 fully saturated rings. The molecule has 1 aromatic heterocycles. The summed E-state index contributed by atoms with van der Waals surface area (Å²) in [6.07, 6.45) is 0. The number of ether oxygens (including phenoxy) is 1. The van der Waals surface area contributed by atoms with Crippen LogP contribution in [0.15, 0.2) is 42.5 Å². The van der Waals surface area contributed by atoms with E-state index in [1.807, 2.05) is 12.1 Å². The van der Waals surface area contributed by atoms with E-state index >= 15 is 0 Å². The smallest absolute Gasteiger partial charge is 0.257 e. The van der Waals surface area contributed by atoms with Crippen molar-refractivity contribution in [2.75, 3.05) is 12.4 Å². The highest BCUT2D eigenvalue weighted by Gasteiger charge is 2.14. The van der Waals surface area contributed by atoms with Crippen molar-refractivity contribution in [3.63, 3.8) is 0 Å². The molecule has 0 saturated carbocycles. The number of anilines is 1. The first kappa shape index (κ1) is 15.9. The molecule has 0 aliphatic carbocycles. The second-order valence-corrected chi connectivity index (χ2v) is 5.62. The number of aromatic nitrogens is 1. The van der Waals surface area contributed by atoms with Gasteiger partial charge in [-0.1, -0.05) is 6.07 Å². The normalized spacial score (nSPS) is 10.7. The zero-order chi connectivity index (χ0) is 17.3. The third-order valence-corrected chi connectivity index (χ3v) is 3.83. The summed E-state index contributed by atoms with van der Waals surface area (Å²) in [5.41, 5.74) is 2.67. The van der Waals surface area contributed by atoms with Gasteiger partial charge >= 0.3 is 0 Å². The molecule has 1 amide bonds. The van der Waals surface area contributed by atoms with Crippen molar-refractivity contribution in [1.29, 1.82) is 0 Å². The molecule has 4 nitrogen and oxygen atoms in total. The zero-order valence-corrected chi connectivity index (χ0v) is 13.7. The van der Waals surface area contributed by atoms with Gasteiger partial charge < -0.3 is 10.1 Å². The number of methoxy groups -OCH3 is 1. The van der Waals surface area contributed by atoms with Gasteiger partial charge in [0.15, 0.2) is 0 Å². The summed E-state index contributed by atoms with van der Waals surface area (Å²) in [6, 6.07) is 11.9. The van der Waals surface area contributed by atoms with Gasteiger partial charge in [-0.05, 0) is 49.7 Å². The third kappa shape index (κ3) is 3.06. The number of pyridine rings is 1. The van der Waals surface area contributed by atoms with Crippen LogP contribution in [0.1, 0.15) is 21.6 Å². The molecule has 0 radical (unpaired) electrons. The number of carbonyl (C=O) groups excluding carboxylic acids is 1. The van der Waals surface area contributed by atoms with Gasteiger partial charge in [-0.3, -0.25) is 9.78 Å². The van der Waals surface area contributed by atoms with E-state index in [0.717, 1.165) is 16.5 Å². The number of fused-ring (bicyclic) bond motifs is 1. The van der Waals surface area contributed by atoms with E-state index in [9.17, 15) is 9.18 Å². The molecule has 0 unspecified atom stereocenters. The molecule has 0 bridgehead atoms. The topological polar surface area (TPSA) is 51.2 Å². The second-order valence-electron chi connectivity index (χ2n) is 5.62. The number of nitrogens with zero attached hydrogens (tertiary/aromatic N) is 1. The molecule has 3 rings (SSSR count). The molecule has 0 atom stereocenters. The fourth-order valence-corrected chi connectivity index (χ4v) is 2.51. The molecule has 3 aromatic rings. The van der Waals surface area contributed by atoms with Crippen LogP contribution in [0.4, 0.5) is 10.1 Å². The molecule has 0 spiro atoms. The first-order valence-corrected chi connectivity index (χ1v) is 7.51. The van der Waals surface area contributed by atoms with Crippen molar-refractivity contribution in [2.45, 2.75) is 13.8 Å². The maximum absolute atomic E-state index is 13.9. The quantitative estimate of drug-likeness (QED) is 0.783. The van der Waals surface area contributed by atoms with Crippen LogP contribution in [0.5, 0.6) is 5.75 Å². The molecule has 5 heteroatoms. The van der Waals surface area contributed by atoms with Gasteiger partial charge in [-0.25, -0.2) is 4.39 Å². The Morgan fingerprint density at radius 3 is 2.62 bits per heavy atom. The Morgan fingerprint density at radius 1 is 1.12 bits per heavy atom. The van der Waals surface area contributed by atoms with Crippen LogP contribution >= 0.6 is 0 Å². The summed E-state index contributed by atoms with van der Waals surface area (Å²) < 4.78 is 19.1. The van der Waals surface area contributed by atoms with Crippen molar-refractivity contribution < 1.29 is 13.9 Å². The molecule has 24 heavy (non-hydrogen) atoms. The maximum atomic E-state index is 13.9. The van der Waals surface area contributed by atoms with E-state index in [1.165, 1.54) is 6.07 Å². The summed E-state index contributed by atoms with van der Waals surface area (Å²) >= 11 is 0. The van der Waals surface area contributed by atoms with Gasteiger partial charge in [0.05, 0.1) is 29.6 Å². The van der Waals surface area contributed by atoms with E-state index in [-0.39, 0.29) is 11.6 Å². The molecular weight excluding hydrogens is 307 g/mol. The van der Waals surface area contributed by atoms with Crippen molar-refractivity contribution in [1.82, 2.24) is 4.98 Å². The van der Waals surface area contributed by atoms with Gasteiger partial charge in [0.1, 0.15) is 11.6 Å². The molecule has 122 valence electrons. The number of halogens is 1. The van der Waals surface area contributed by atoms with Crippen molar-refractivity contribution in [3.8, 4) is 5.75 Å². The molecule has 0 aliphatic heterocycles. The van der Waals surface area contributed by atoms with Crippen LogP contribution in [0.3, 0.4) is 0 Å². The number of aryl methyl sites for hydroxylation is 2. The first-order chi connectivity index (χ1) is 11.5. The average molecular weight is 324 g/mol. The van der Waals surface area contributed by atoms with Crippen LogP contribution in [-0.4, -0.2) is 18.0 Å². The Kier molecular flexibility index (Phi) is 4.16. The Balaban J connectivity index is 1.96. The van der Waals surface area contributed by atoms with Crippen LogP contribution in [0.2, 0.25) is 0 Å². The number of carbonyl (C=O) groups is 1. The van der Waals surface area contributed by atoms with Crippen LogP contribution < -0.4 is 10.1 Å². The lowest BCUT2D eigenvalue weighted by Gasteiger charge is -2.10.